The molecule has 0 aromatic heterocycles. The third kappa shape index (κ3) is 6.84. The molecule has 0 bridgehead atoms. The Hall–Kier alpha value is -0.403. The topological polar surface area (TPSA) is 63.7 Å². The van der Waals surface area contributed by atoms with Crippen LogP contribution in [-0.4, -0.2) is 51.2 Å². The second kappa shape index (κ2) is 9.34. The Labute approximate surface area is 149 Å². The maximum absolute atomic E-state index is 13.0. The van der Waals surface area contributed by atoms with Gasteiger partial charge in [-0.05, 0) is 32.2 Å². The molecule has 0 radical (unpaired) electrons. The molecule has 0 aliphatic carbocycles. The smallest absolute Gasteiger partial charge is 0.307 e. The van der Waals surface area contributed by atoms with E-state index in [4.69, 9.17) is 4.74 Å². The molecule has 1 heterocycles. The molecule has 0 saturated carbocycles. The second-order valence-corrected chi connectivity index (χ2v) is 15.6. The van der Waals surface area contributed by atoms with Gasteiger partial charge in [-0.25, -0.2) is 8.42 Å². The molecule has 1 fully saturated rings. The van der Waals surface area contributed by atoms with Gasteiger partial charge in [0.15, 0.2) is 0 Å². The van der Waals surface area contributed by atoms with Crippen molar-refractivity contribution >= 4 is 24.1 Å². The van der Waals surface area contributed by atoms with Gasteiger partial charge in [0.2, 0.25) is 10.0 Å². The first-order valence-corrected chi connectivity index (χ1v) is 14.6. The summed E-state index contributed by atoms with van der Waals surface area (Å²) < 4.78 is 32.7. The van der Waals surface area contributed by atoms with E-state index in [1.807, 2.05) is 0 Å². The molecule has 0 aromatic carbocycles. The Bertz CT molecular complexity index is 501. The molecule has 2 atom stereocenters. The van der Waals surface area contributed by atoms with Gasteiger partial charge in [-0.15, -0.1) is 0 Å². The summed E-state index contributed by atoms with van der Waals surface area (Å²) in [6.45, 7) is 10.8. The number of rotatable bonds is 10. The Balaban J connectivity index is 2.90. The van der Waals surface area contributed by atoms with Gasteiger partial charge < -0.3 is 4.74 Å². The average molecular weight is 378 g/mol. The van der Waals surface area contributed by atoms with Crippen LogP contribution in [0.25, 0.3) is 0 Å². The number of carbonyl (C=O) groups excluding carboxylic acids is 1. The molecule has 0 N–H and O–H groups in total. The third-order valence-corrected chi connectivity index (χ3v) is 8.65. The highest BCUT2D eigenvalue weighted by atomic mass is 32.2. The number of nitrogens with zero attached hydrogens (tertiary/aromatic N) is 1. The van der Waals surface area contributed by atoms with Crippen LogP contribution in [0.15, 0.2) is 0 Å². The molecule has 0 unspecified atom stereocenters. The van der Waals surface area contributed by atoms with Crippen molar-refractivity contribution in [1.29, 1.82) is 0 Å². The normalized spacial score (nSPS) is 22.7. The molecular formula is C17H35NO4SSi. The zero-order valence-electron chi connectivity index (χ0n) is 16.0. The van der Waals surface area contributed by atoms with Crippen LogP contribution >= 0.6 is 0 Å². The van der Waals surface area contributed by atoms with E-state index < -0.39 is 18.1 Å². The van der Waals surface area contributed by atoms with Crippen LogP contribution in [0.3, 0.4) is 0 Å². The Morgan fingerprint density at radius 2 is 1.79 bits per heavy atom. The average Bonchev–Trinajstić information content (AvgIpc) is 2.86. The van der Waals surface area contributed by atoms with Crippen LogP contribution in [0, 0.1) is 0 Å². The minimum absolute atomic E-state index is 0.0519. The summed E-state index contributed by atoms with van der Waals surface area (Å²) in [6, 6.07) is 0.590. The highest BCUT2D eigenvalue weighted by Crippen LogP contribution is 2.33. The molecule has 0 spiro atoms. The summed E-state index contributed by atoms with van der Waals surface area (Å²) >= 11 is 0. The first-order chi connectivity index (χ1) is 11.1. The van der Waals surface area contributed by atoms with E-state index in [1.54, 1.807) is 11.2 Å². The number of hydrogen-bond acceptors (Lipinski definition) is 4. The van der Waals surface area contributed by atoms with Crippen molar-refractivity contribution in [3.05, 3.63) is 0 Å². The van der Waals surface area contributed by atoms with E-state index in [-0.39, 0.29) is 30.2 Å². The van der Waals surface area contributed by atoms with Gasteiger partial charge in [0.1, 0.15) is 0 Å². The molecule has 0 amide bonds. The fourth-order valence-electron chi connectivity index (χ4n) is 3.25. The highest BCUT2D eigenvalue weighted by Gasteiger charge is 2.42. The van der Waals surface area contributed by atoms with E-state index in [9.17, 15) is 13.2 Å². The molecule has 1 aliphatic rings. The molecule has 1 aliphatic heterocycles. The Kier molecular flexibility index (Phi) is 8.42. The lowest BCUT2D eigenvalue weighted by Crippen LogP contribution is -2.44. The predicted molar refractivity (Wildman–Crippen MR) is 101 cm³/mol. The van der Waals surface area contributed by atoms with E-state index in [2.05, 4.69) is 26.6 Å². The van der Waals surface area contributed by atoms with Crippen molar-refractivity contribution in [2.24, 2.45) is 0 Å². The molecule has 1 saturated heterocycles. The zero-order valence-corrected chi connectivity index (χ0v) is 17.8. The molecule has 0 aromatic rings. The summed E-state index contributed by atoms with van der Waals surface area (Å²) in [5, 5.41) is 0. The number of esters is 1. The largest absolute Gasteiger partial charge is 0.466 e. The highest BCUT2D eigenvalue weighted by molar-refractivity contribution is 7.89. The SMILES string of the molecule is CCCC[C@H]1CC[C@@H](CC(=O)OCC)N1S(=O)(=O)CC[Si](C)(C)C. The van der Waals surface area contributed by atoms with Crippen molar-refractivity contribution in [1.82, 2.24) is 4.31 Å². The lowest BCUT2D eigenvalue weighted by Gasteiger charge is -2.30. The zero-order chi connectivity index (χ0) is 18.4. The van der Waals surface area contributed by atoms with Crippen LogP contribution in [-0.2, 0) is 19.6 Å². The molecule has 5 nitrogen and oxygen atoms in total. The van der Waals surface area contributed by atoms with Crippen molar-refractivity contribution in [3.8, 4) is 0 Å². The lowest BCUT2D eigenvalue weighted by atomic mass is 10.1. The van der Waals surface area contributed by atoms with Gasteiger partial charge in [0.05, 0.1) is 18.8 Å². The first-order valence-electron chi connectivity index (χ1n) is 9.27. The molecule has 142 valence electrons. The fourth-order valence-corrected chi connectivity index (χ4v) is 8.24. The maximum atomic E-state index is 13.0. The van der Waals surface area contributed by atoms with Gasteiger partial charge in [0, 0.05) is 20.2 Å². The molecule has 24 heavy (non-hydrogen) atoms. The number of ether oxygens (including phenoxy) is 1. The maximum Gasteiger partial charge on any atom is 0.307 e. The van der Waals surface area contributed by atoms with Crippen LogP contribution in [0.5, 0.6) is 0 Å². The van der Waals surface area contributed by atoms with E-state index in [0.29, 0.717) is 6.61 Å². The van der Waals surface area contributed by atoms with Gasteiger partial charge in [-0.2, -0.15) is 4.31 Å². The van der Waals surface area contributed by atoms with Crippen LogP contribution < -0.4 is 0 Å². The standard InChI is InChI=1S/C17H35NO4SSi/c1-6-8-9-15-10-11-16(14-17(19)22-7-2)18(15)23(20,21)12-13-24(3,4)5/h15-16H,6-14H2,1-5H3/t15-,16-/m0/s1. The fraction of sp³-hybridized carbons (Fsp3) is 0.941. The number of carbonyl (C=O) groups is 1. The predicted octanol–water partition coefficient (Wildman–Crippen LogP) is 3.63. The summed E-state index contributed by atoms with van der Waals surface area (Å²) in [5.41, 5.74) is 0. The van der Waals surface area contributed by atoms with E-state index in [1.165, 1.54) is 0 Å². The quantitative estimate of drug-likeness (QED) is 0.431. The number of hydrogen-bond donors (Lipinski definition) is 0. The Morgan fingerprint density at radius 1 is 1.17 bits per heavy atom. The minimum atomic E-state index is -3.32. The molecular weight excluding hydrogens is 342 g/mol. The van der Waals surface area contributed by atoms with Crippen molar-refractivity contribution in [2.45, 2.75) is 90.1 Å². The van der Waals surface area contributed by atoms with Crippen molar-refractivity contribution in [3.63, 3.8) is 0 Å². The van der Waals surface area contributed by atoms with Gasteiger partial charge in [0.25, 0.3) is 0 Å². The summed E-state index contributed by atoms with van der Waals surface area (Å²) in [4.78, 5) is 11.9. The summed E-state index contributed by atoms with van der Waals surface area (Å²) in [6.07, 6.45) is 4.78. The molecule has 7 heteroatoms. The third-order valence-electron chi connectivity index (χ3n) is 4.58. The minimum Gasteiger partial charge on any atom is -0.466 e. The summed E-state index contributed by atoms with van der Waals surface area (Å²) in [7, 11) is -4.75. The van der Waals surface area contributed by atoms with E-state index >= 15 is 0 Å². The monoisotopic (exact) mass is 377 g/mol. The Morgan fingerprint density at radius 3 is 2.33 bits per heavy atom. The second-order valence-electron chi connectivity index (χ2n) is 7.99. The number of unbranched alkanes of at least 4 members (excludes halogenated alkanes) is 1. The van der Waals surface area contributed by atoms with Crippen molar-refractivity contribution in [2.75, 3.05) is 12.4 Å². The summed E-state index contributed by atoms with van der Waals surface area (Å²) in [5.74, 6) is -0.0750. The lowest BCUT2D eigenvalue weighted by molar-refractivity contribution is -0.144. The molecule has 1 rings (SSSR count). The van der Waals surface area contributed by atoms with Crippen LogP contribution in [0.2, 0.25) is 25.7 Å². The van der Waals surface area contributed by atoms with Crippen molar-refractivity contribution < 1.29 is 17.9 Å². The first kappa shape index (κ1) is 21.6. The van der Waals surface area contributed by atoms with Crippen LogP contribution in [0.4, 0.5) is 0 Å². The number of sulfonamides is 1. The van der Waals surface area contributed by atoms with Gasteiger partial charge in [-0.3, -0.25) is 4.79 Å². The van der Waals surface area contributed by atoms with Crippen LogP contribution in [0.1, 0.15) is 52.4 Å². The van der Waals surface area contributed by atoms with E-state index in [0.717, 1.165) is 38.1 Å². The van der Waals surface area contributed by atoms with Gasteiger partial charge >= 0.3 is 5.97 Å². The van der Waals surface area contributed by atoms with Gasteiger partial charge in [-0.1, -0.05) is 39.4 Å².